The SMILES string of the molecule is O=C(CSc1nnc(COc2ccccc2F)n1-c1ccccc1)NC12CC3CC(CC(C3)C1)C2. The third-order valence-corrected chi connectivity index (χ3v) is 8.61. The van der Waals surface area contributed by atoms with Gasteiger partial charge in [0.2, 0.25) is 5.91 Å². The lowest BCUT2D eigenvalue weighted by Gasteiger charge is -2.56. The first-order valence-corrected chi connectivity index (χ1v) is 13.4. The maximum Gasteiger partial charge on any atom is 0.230 e. The van der Waals surface area contributed by atoms with Gasteiger partial charge in [-0.15, -0.1) is 10.2 Å². The van der Waals surface area contributed by atoms with Crippen molar-refractivity contribution in [2.24, 2.45) is 17.8 Å². The lowest BCUT2D eigenvalue weighted by molar-refractivity contribution is -0.124. The van der Waals surface area contributed by atoms with E-state index in [0.29, 0.717) is 11.0 Å². The smallest absolute Gasteiger partial charge is 0.230 e. The molecule has 0 spiro atoms. The summed E-state index contributed by atoms with van der Waals surface area (Å²) < 4.78 is 21.6. The standard InChI is InChI=1S/C27H29FN4O2S/c28-22-8-4-5-9-23(22)34-16-24-30-31-26(32(24)21-6-2-1-3-7-21)35-17-25(33)29-27-13-18-10-19(14-27)12-20(11-18)15-27/h1-9,18-20H,10-17H2,(H,29,33). The third kappa shape index (κ3) is 4.68. The molecule has 4 bridgehead atoms. The predicted octanol–water partition coefficient (Wildman–Crippen LogP) is 5.16. The first kappa shape index (κ1) is 22.6. The minimum Gasteiger partial charge on any atom is -0.483 e. The topological polar surface area (TPSA) is 69.0 Å². The largest absolute Gasteiger partial charge is 0.483 e. The van der Waals surface area contributed by atoms with Crippen LogP contribution in [0.1, 0.15) is 44.3 Å². The Labute approximate surface area is 208 Å². The van der Waals surface area contributed by atoms with Crippen molar-refractivity contribution in [2.45, 2.75) is 55.8 Å². The van der Waals surface area contributed by atoms with Crippen LogP contribution in [0.15, 0.2) is 59.8 Å². The Hall–Kier alpha value is -2.87. The van der Waals surface area contributed by atoms with Crippen molar-refractivity contribution in [1.29, 1.82) is 0 Å². The molecule has 35 heavy (non-hydrogen) atoms. The fourth-order valence-corrected chi connectivity index (χ4v) is 7.52. The molecule has 0 aliphatic heterocycles. The van der Waals surface area contributed by atoms with Crippen LogP contribution in [0.25, 0.3) is 5.69 Å². The fraction of sp³-hybridized carbons (Fsp3) is 0.444. The molecule has 4 aliphatic carbocycles. The normalized spacial score (nSPS) is 26.6. The van der Waals surface area contributed by atoms with Gasteiger partial charge >= 0.3 is 0 Å². The molecular formula is C27H29FN4O2S. The van der Waals surface area contributed by atoms with Gasteiger partial charge in [-0.3, -0.25) is 9.36 Å². The molecule has 0 atom stereocenters. The first-order valence-electron chi connectivity index (χ1n) is 12.4. The Morgan fingerprint density at radius 1 is 1.00 bits per heavy atom. The zero-order valence-electron chi connectivity index (χ0n) is 19.5. The summed E-state index contributed by atoms with van der Waals surface area (Å²) in [7, 11) is 0. The Morgan fingerprint density at radius 3 is 2.34 bits per heavy atom. The van der Waals surface area contributed by atoms with Crippen LogP contribution in [-0.2, 0) is 11.4 Å². The number of rotatable bonds is 8. The number of amides is 1. The summed E-state index contributed by atoms with van der Waals surface area (Å²) in [5.41, 5.74) is 0.867. The maximum absolute atomic E-state index is 14.0. The lowest BCUT2D eigenvalue weighted by Crippen LogP contribution is -2.60. The highest BCUT2D eigenvalue weighted by Gasteiger charge is 2.51. The Morgan fingerprint density at radius 2 is 1.66 bits per heavy atom. The summed E-state index contributed by atoms with van der Waals surface area (Å²) in [6.45, 7) is 0.0584. The van der Waals surface area contributed by atoms with E-state index >= 15 is 0 Å². The summed E-state index contributed by atoms with van der Waals surface area (Å²) in [5, 5.41) is 12.7. The third-order valence-electron chi connectivity index (χ3n) is 7.68. The molecule has 7 rings (SSSR count). The van der Waals surface area contributed by atoms with Crippen molar-refractivity contribution in [3.8, 4) is 11.4 Å². The molecule has 4 aliphatic rings. The number of hydrogen-bond acceptors (Lipinski definition) is 5. The van der Waals surface area contributed by atoms with E-state index in [1.54, 1.807) is 18.2 Å². The lowest BCUT2D eigenvalue weighted by atomic mass is 9.53. The van der Waals surface area contributed by atoms with Crippen molar-refractivity contribution in [3.63, 3.8) is 0 Å². The molecule has 8 heteroatoms. The molecule has 182 valence electrons. The van der Waals surface area contributed by atoms with E-state index in [2.05, 4.69) is 15.5 Å². The van der Waals surface area contributed by atoms with Crippen LogP contribution in [0.4, 0.5) is 4.39 Å². The first-order chi connectivity index (χ1) is 17.1. The van der Waals surface area contributed by atoms with Gasteiger partial charge in [0.15, 0.2) is 22.5 Å². The van der Waals surface area contributed by atoms with Crippen LogP contribution in [0.2, 0.25) is 0 Å². The zero-order chi connectivity index (χ0) is 23.8. The van der Waals surface area contributed by atoms with Gasteiger partial charge in [0.1, 0.15) is 6.61 Å². The van der Waals surface area contributed by atoms with Gasteiger partial charge in [-0.25, -0.2) is 4.39 Å². The number of thioether (sulfide) groups is 1. The second-order valence-corrected chi connectivity index (χ2v) is 11.3. The highest BCUT2D eigenvalue weighted by atomic mass is 32.2. The molecule has 1 heterocycles. The zero-order valence-corrected chi connectivity index (χ0v) is 20.3. The number of carbonyl (C=O) groups excluding carboxylic acids is 1. The van der Waals surface area contributed by atoms with Crippen LogP contribution >= 0.6 is 11.8 Å². The monoisotopic (exact) mass is 492 g/mol. The Kier molecular flexibility index (Phi) is 6.00. The molecule has 6 nitrogen and oxygen atoms in total. The van der Waals surface area contributed by atoms with Gasteiger partial charge in [-0.05, 0) is 80.5 Å². The second kappa shape index (κ2) is 9.30. The van der Waals surface area contributed by atoms with Crippen LogP contribution in [-0.4, -0.2) is 32.0 Å². The second-order valence-electron chi connectivity index (χ2n) is 10.3. The Balaban J connectivity index is 1.16. The average molecular weight is 493 g/mol. The maximum atomic E-state index is 14.0. The fourth-order valence-electron chi connectivity index (χ4n) is 6.75. The van der Waals surface area contributed by atoms with Gasteiger partial charge in [0, 0.05) is 11.2 Å². The van der Waals surface area contributed by atoms with E-state index in [4.69, 9.17) is 4.74 Å². The summed E-state index contributed by atoms with van der Waals surface area (Å²) in [6, 6.07) is 16.0. The van der Waals surface area contributed by atoms with Crippen molar-refractivity contribution in [1.82, 2.24) is 20.1 Å². The van der Waals surface area contributed by atoms with Crippen LogP contribution in [0.3, 0.4) is 0 Å². The Bertz CT molecular complexity index is 1180. The molecule has 1 aromatic heterocycles. The minimum absolute atomic E-state index is 0.00173. The number of carbonyl (C=O) groups is 1. The average Bonchev–Trinajstić information content (AvgIpc) is 3.24. The molecule has 4 saturated carbocycles. The molecule has 2 aromatic carbocycles. The molecular weight excluding hydrogens is 463 g/mol. The van der Waals surface area contributed by atoms with Gasteiger partial charge in [0.05, 0.1) is 5.75 Å². The van der Waals surface area contributed by atoms with Crippen molar-refractivity contribution >= 4 is 17.7 Å². The van der Waals surface area contributed by atoms with Gasteiger partial charge in [-0.2, -0.15) is 0 Å². The number of benzene rings is 2. The van der Waals surface area contributed by atoms with Crippen molar-refractivity contribution < 1.29 is 13.9 Å². The van der Waals surface area contributed by atoms with E-state index in [0.717, 1.165) is 42.7 Å². The predicted molar refractivity (Wildman–Crippen MR) is 132 cm³/mol. The van der Waals surface area contributed by atoms with E-state index < -0.39 is 5.82 Å². The van der Waals surface area contributed by atoms with E-state index in [1.165, 1.54) is 37.1 Å². The van der Waals surface area contributed by atoms with E-state index in [9.17, 15) is 9.18 Å². The number of aromatic nitrogens is 3. The number of nitrogens with one attached hydrogen (secondary N) is 1. The van der Waals surface area contributed by atoms with Crippen molar-refractivity contribution in [3.05, 3.63) is 66.2 Å². The van der Waals surface area contributed by atoms with Gasteiger partial charge < -0.3 is 10.1 Å². The summed E-state index contributed by atoms with van der Waals surface area (Å²) in [5.74, 6) is 2.98. The highest BCUT2D eigenvalue weighted by Crippen LogP contribution is 2.55. The van der Waals surface area contributed by atoms with Crippen LogP contribution in [0, 0.1) is 23.6 Å². The number of nitrogens with zero attached hydrogens (tertiary/aromatic N) is 3. The summed E-state index contributed by atoms with van der Waals surface area (Å²) >= 11 is 1.37. The van der Waals surface area contributed by atoms with Gasteiger partial charge in [-0.1, -0.05) is 42.1 Å². The highest BCUT2D eigenvalue weighted by molar-refractivity contribution is 7.99. The molecule has 3 aromatic rings. The number of halogens is 1. The molecule has 1 N–H and O–H groups in total. The van der Waals surface area contributed by atoms with E-state index in [-0.39, 0.29) is 29.6 Å². The molecule has 0 saturated heterocycles. The van der Waals surface area contributed by atoms with E-state index in [1.807, 2.05) is 34.9 Å². The molecule has 1 amide bonds. The molecule has 4 fully saturated rings. The number of para-hydroxylation sites is 2. The molecule has 0 unspecified atom stereocenters. The summed E-state index contributed by atoms with van der Waals surface area (Å²) in [6.07, 6.45) is 7.44. The van der Waals surface area contributed by atoms with Crippen molar-refractivity contribution in [2.75, 3.05) is 5.75 Å². The number of hydrogen-bond donors (Lipinski definition) is 1. The summed E-state index contributed by atoms with van der Waals surface area (Å²) in [4.78, 5) is 13.0. The van der Waals surface area contributed by atoms with Gasteiger partial charge in [0.25, 0.3) is 0 Å². The number of ether oxygens (including phenoxy) is 1. The van der Waals surface area contributed by atoms with Crippen LogP contribution < -0.4 is 10.1 Å². The van der Waals surface area contributed by atoms with Crippen LogP contribution in [0.5, 0.6) is 5.75 Å². The quantitative estimate of drug-likeness (QED) is 0.440. The molecule has 0 radical (unpaired) electrons. The minimum atomic E-state index is -0.422.